The van der Waals surface area contributed by atoms with E-state index in [1.807, 2.05) is 6.07 Å². The Kier molecular flexibility index (Phi) is 6.01. The lowest BCUT2D eigenvalue weighted by atomic mass is 10.1. The van der Waals surface area contributed by atoms with Crippen molar-refractivity contribution in [3.8, 4) is 23.1 Å². The lowest BCUT2D eigenvalue weighted by Gasteiger charge is -2.11. The second-order valence-corrected chi connectivity index (χ2v) is 5.14. The van der Waals surface area contributed by atoms with E-state index in [-0.39, 0.29) is 22.6 Å². The van der Waals surface area contributed by atoms with Crippen LogP contribution in [0.5, 0.6) is 5.75 Å². The third kappa shape index (κ3) is 3.96. The third-order valence-corrected chi connectivity index (χ3v) is 3.56. The minimum absolute atomic E-state index is 0.0883. The smallest absolute Gasteiger partial charge is 0.149 e. The molecule has 0 aliphatic heterocycles. The molecule has 0 saturated heterocycles. The van der Waals surface area contributed by atoms with Crippen molar-refractivity contribution in [1.82, 2.24) is 10.2 Å². The van der Waals surface area contributed by atoms with Crippen LogP contribution in [0.1, 0.15) is 25.3 Å². The maximum absolute atomic E-state index is 14.2. The van der Waals surface area contributed by atoms with Crippen LogP contribution in [0.15, 0.2) is 24.3 Å². The van der Waals surface area contributed by atoms with Gasteiger partial charge in [0, 0.05) is 6.54 Å². The summed E-state index contributed by atoms with van der Waals surface area (Å²) in [7, 11) is 1.36. The van der Waals surface area contributed by atoms with Gasteiger partial charge >= 0.3 is 0 Å². The zero-order valence-corrected chi connectivity index (χ0v) is 13.5. The summed E-state index contributed by atoms with van der Waals surface area (Å²) in [6, 6.07) is 7.69. The van der Waals surface area contributed by atoms with Crippen LogP contribution in [0.4, 0.5) is 14.6 Å². The molecule has 1 heterocycles. The van der Waals surface area contributed by atoms with Crippen molar-refractivity contribution in [1.29, 1.82) is 5.26 Å². The largest absolute Gasteiger partial charge is 0.495 e. The molecule has 24 heavy (non-hydrogen) atoms. The zero-order valence-electron chi connectivity index (χ0n) is 13.5. The van der Waals surface area contributed by atoms with E-state index in [9.17, 15) is 8.78 Å². The highest BCUT2D eigenvalue weighted by Gasteiger charge is 2.17. The summed E-state index contributed by atoms with van der Waals surface area (Å²) in [6.45, 7) is 2.22. The normalized spacial score (nSPS) is 11.6. The van der Waals surface area contributed by atoms with Gasteiger partial charge in [0.2, 0.25) is 0 Å². The topological polar surface area (TPSA) is 70.8 Å². The van der Waals surface area contributed by atoms with Gasteiger partial charge in [-0.25, -0.2) is 8.78 Å². The van der Waals surface area contributed by atoms with Gasteiger partial charge in [-0.15, -0.1) is 10.2 Å². The van der Waals surface area contributed by atoms with Crippen LogP contribution < -0.4 is 10.1 Å². The summed E-state index contributed by atoms with van der Waals surface area (Å²) in [5.74, 6) is 0.0395. The number of alkyl halides is 1. The average molecular weight is 332 g/mol. The summed E-state index contributed by atoms with van der Waals surface area (Å²) in [5, 5.41) is 20.0. The Hall–Kier alpha value is -2.75. The molecule has 0 fully saturated rings. The molecule has 0 spiro atoms. The van der Waals surface area contributed by atoms with Crippen molar-refractivity contribution in [2.75, 3.05) is 19.0 Å². The fourth-order valence-corrected chi connectivity index (χ4v) is 2.22. The van der Waals surface area contributed by atoms with Gasteiger partial charge in [0.05, 0.1) is 23.9 Å². The molecule has 1 aromatic heterocycles. The van der Waals surface area contributed by atoms with Crippen molar-refractivity contribution >= 4 is 5.82 Å². The first-order chi connectivity index (χ1) is 11.6. The average Bonchev–Trinajstić information content (AvgIpc) is 2.61. The summed E-state index contributed by atoms with van der Waals surface area (Å²) in [4.78, 5) is 0. The molecule has 7 heteroatoms. The molecular weight excluding hydrogens is 314 g/mol. The molecular formula is C17H18F2N4O. The summed E-state index contributed by atoms with van der Waals surface area (Å²) < 4.78 is 32.5. The molecule has 0 aliphatic carbocycles. The number of nitrogens with zero attached hydrogens (tertiary/aromatic N) is 3. The van der Waals surface area contributed by atoms with E-state index in [0.29, 0.717) is 25.2 Å². The van der Waals surface area contributed by atoms with E-state index in [1.165, 1.54) is 19.2 Å². The predicted octanol–water partition coefficient (Wildman–Crippen LogP) is 3.71. The molecule has 0 bridgehead atoms. The maximum atomic E-state index is 14.2. The monoisotopic (exact) mass is 332 g/mol. The number of methoxy groups -OCH3 is 1. The summed E-state index contributed by atoms with van der Waals surface area (Å²) in [6.07, 6.45) is 0.00419. The first-order valence-corrected chi connectivity index (χ1v) is 7.59. The minimum atomic E-state index is -0.850. The number of benzene rings is 1. The molecule has 2 aromatic rings. The van der Waals surface area contributed by atoms with Gasteiger partial charge in [-0.3, -0.25) is 0 Å². The van der Waals surface area contributed by atoms with Gasteiger partial charge < -0.3 is 10.1 Å². The number of anilines is 1. The van der Waals surface area contributed by atoms with Crippen molar-refractivity contribution < 1.29 is 13.5 Å². The molecule has 2 rings (SSSR count). The molecule has 0 saturated carbocycles. The highest BCUT2D eigenvalue weighted by atomic mass is 19.1. The van der Waals surface area contributed by atoms with Crippen LogP contribution in [0.2, 0.25) is 0 Å². The fraction of sp³-hybridized carbons (Fsp3) is 0.353. The van der Waals surface area contributed by atoms with Crippen molar-refractivity contribution in [3.63, 3.8) is 0 Å². The molecule has 1 atom stereocenters. The van der Waals surface area contributed by atoms with Crippen LogP contribution in [-0.4, -0.2) is 30.0 Å². The van der Waals surface area contributed by atoms with E-state index in [4.69, 9.17) is 10.00 Å². The van der Waals surface area contributed by atoms with Crippen LogP contribution in [-0.2, 0) is 0 Å². The zero-order chi connectivity index (χ0) is 17.5. The van der Waals surface area contributed by atoms with Crippen molar-refractivity contribution in [2.24, 2.45) is 0 Å². The van der Waals surface area contributed by atoms with E-state index < -0.39 is 12.0 Å². The van der Waals surface area contributed by atoms with Crippen LogP contribution >= 0.6 is 0 Å². The minimum Gasteiger partial charge on any atom is -0.495 e. The second-order valence-electron chi connectivity index (χ2n) is 5.14. The number of nitrogens with one attached hydrogen (secondary N) is 1. The van der Waals surface area contributed by atoms with Gasteiger partial charge in [-0.2, -0.15) is 5.26 Å². The highest BCUT2D eigenvalue weighted by molar-refractivity contribution is 5.72. The standard InChI is InChI=1S/C17H18F2N4O/c1-3-12(18)8-9-21-15-7-6-14(22-23-15)16-13(19)5-4-11(10-20)17(16)24-2/h4-7,12H,3,8-9H2,1-2H3,(H,21,23). The number of ether oxygens (including phenoxy) is 1. The number of halogens is 2. The molecule has 0 amide bonds. The number of hydrogen-bond donors (Lipinski definition) is 1. The van der Waals surface area contributed by atoms with E-state index >= 15 is 0 Å². The molecule has 1 unspecified atom stereocenters. The fourth-order valence-electron chi connectivity index (χ4n) is 2.22. The van der Waals surface area contributed by atoms with Gasteiger partial charge in [0.1, 0.15) is 29.6 Å². The first kappa shape index (κ1) is 17.6. The van der Waals surface area contributed by atoms with E-state index in [1.54, 1.807) is 19.1 Å². The lowest BCUT2D eigenvalue weighted by Crippen LogP contribution is -2.10. The van der Waals surface area contributed by atoms with Crippen molar-refractivity contribution in [2.45, 2.75) is 25.9 Å². The Labute approximate surface area is 139 Å². The van der Waals surface area contributed by atoms with Gasteiger partial charge in [-0.05, 0) is 37.1 Å². The van der Waals surface area contributed by atoms with Gasteiger partial charge in [0.15, 0.2) is 0 Å². The molecule has 1 aromatic carbocycles. The summed E-state index contributed by atoms with van der Waals surface area (Å²) >= 11 is 0. The van der Waals surface area contributed by atoms with Gasteiger partial charge in [-0.1, -0.05) is 6.92 Å². The Morgan fingerprint density at radius 2 is 2.08 bits per heavy atom. The summed E-state index contributed by atoms with van der Waals surface area (Å²) in [5.41, 5.74) is 0.556. The van der Waals surface area contributed by atoms with E-state index in [2.05, 4.69) is 15.5 Å². The molecule has 5 nitrogen and oxygen atoms in total. The highest BCUT2D eigenvalue weighted by Crippen LogP contribution is 2.34. The number of hydrogen-bond acceptors (Lipinski definition) is 5. The SMILES string of the molecule is CCC(F)CCNc1ccc(-c2c(F)ccc(C#N)c2OC)nn1. The number of aromatic nitrogens is 2. The lowest BCUT2D eigenvalue weighted by molar-refractivity contribution is 0.312. The van der Waals surface area contributed by atoms with Gasteiger partial charge in [0.25, 0.3) is 0 Å². The van der Waals surface area contributed by atoms with Crippen LogP contribution in [0.3, 0.4) is 0 Å². The first-order valence-electron chi connectivity index (χ1n) is 7.59. The Balaban J connectivity index is 2.21. The maximum Gasteiger partial charge on any atom is 0.149 e. The molecule has 0 radical (unpaired) electrons. The Morgan fingerprint density at radius 3 is 2.67 bits per heavy atom. The Bertz CT molecular complexity index is 729. The third-order valence-electron chi connectivity index (χ3n) is 3.56. The molecule has 126 valence electrons. The Morgan fingerprint density at radius 1 is 1.29 bits per heavy atom. The second kappa shape index (κ2) is 8.20. The quantitative estimate of drug-likeness (QED) is 0.837. The van der Waals surface area contributed by atoms with Crippen molar-refractivity contribution in [3.05, 3.63) is 35.6 Å². The molecule has 0 aliphatic rings. The number of rotatable bonds is 7. The van der Waals surface area contributed by atoms with Crippen LogP contribution in [0, 0.1) is 17.1 Å². The molecule has 1 N–H and O–H groups in total. The predicted molar refractivity (Wildman–Crippen MR) is 87.0 cm³/mol. The number of nitriles is 1. The van der Waals surface area contributed by atoms with E-state index in [0.717, 1.165) is 0 Å². The van der Waals surface area contributed by atoms with Crippen LogP contribution in [0.25, 0.3) is 11.3 Å².